The van der Waals surface area contributed by atoms with Crippen molar-refractivity contribution in [2.75, 3.05) is 5.32 Å². The zero-order valence-corrected chi connectivity index (χ0v) is 15.7. The second kappa shape index (κ2) is 9.08. The van der Waals surface area contributed by atoms with E-state index in [1.165, 1.54) is 5.56 Å². The SMILES string of the molecule is CCc1cccc(NC(=O)Cc2ccc(CNC3=C(O)CCC=C3)cc2)c1. The second-order valence-corrected chi connectivity index (χ2v) is 6.75. The van der Waals surface area contributed by atoms with Crippen LogP contribution in [-0.2, 0) is 24.2 Å². The van der Waals surface area contributed by atoms with Gasteiger partial charge in [0.25, 0.3) is 0 Å². The van der Waals surface area contributed by atoms with E-state index in [-0.39, 0.29) is 5.91 Å². The molecule has 0 aromatic heterocycles. The number of nitrogens with one attached hydrogen (secondary N) is 2. The van der Waals surface area contributed by atoms with Gasteiger partial charge in [-0.1, -0.05) is 49.4 Å². The molecule has 4 heteroatoms. The molecule has 0 radical (unpaired) electrons. The number of amides is 1. The van der Waals surface area contributed by atoms with Gasteiger partial charge < -0.3 is 15.7 Å². The third-order valence-electron chi connectivity index (χ3n) is 4.63. The summed E-state index contributed by atoms with van der Waals surface area (Å²) in [7, 11) is 0. The smallest absolute Gasteiger partial charge is 0.228 e. The average molecular weight is 362 g/mol. The Morgan fingerprint density at radius 3 is 2.59 bits per heavy atom. The van der Waals surface area contributed by atoms with E-state index in [0.717, 1.165) is 35.4 Å². The number of allylic oxidation sites excluding steroid dienone is 3. The standard InChI is InChI=1S/C23H26N2O2/c1-2-17-6-5-7-20(14-17)25-23(27)15-18-10-12-19(13-11-18)16-24-21-8-3-4-9-22(21)26/h3,5-8,10-14,24,26H,2,4,9,15-16H2,1H3,(H,25,27). The first-order chi connectivity index (χ1) is 13.1. The number of carbonyl (C=O) groups excluding carboxylic acids is 1. The van der Waals surface area contributed by atoms with Crippen LogP contribution in [0.4, 0.5) is 5.69 Å². The van der Waals surface area contributed by atoms with E-state index in [1.807, 2.05) is 48.5 Å². The molecule has 0 atom stereocenters. The minimum Gasteiger partial charge on any atom is -0.510 e. The summed E-state index contributed by atoms with van der Waals surface area (Å²) < 4.78 is 0. The molecule has 2 aromatic rings. The fourth-order valence-electron chi connectivity index (χ4n) is 3.04. The van der Waals surface area contributed by atoms with Crippen LogP contribution in [0.5, 0.6) is 0 Å². The van der Waals surface area contributed by atoms with Gasteiger partial charge in [-0.25, -0.2) is 0 Å². The van der Waals surface area contributed by atoms with Crippen molar-refractivity contribution in [1.29, 1.82) is 0 Å². The lowest BCUT2D eigenvalue weighted by molar-refractivity contribution is -0.115. The van der Waals surface area contributed by atoms with Crippen LogP contribution < -0.4 is 10.6 Å². The molecule has 0 spiro atoms. The molecule has 0 unspecified atom stereocenters. The summed E-state index contributed by atoms with van der Waals surface area (Å²) in [5, 5.41) is 16.1. The summed E-state index contributed by atoms with van der Waals surface area (Å²) in [6, 6.07) is 15.9. The Hall–Kier alpha value is -3.01. The van der Waals surface area contributed by atoms with Crippen molar-refractivity contribution in [3.05, 3.63) is 88.8 Å². The van der Waals surface area contributed by atoms with Gasteiger partial charge in [-0.3, -0.25) is 4.79 Å². The number of hydrogen-bond donors (Lipinski definition) is 3. The molecule has 0 saturated carbocycles. The Bertz CT molecular complexity index is 851. The van der Waals surface area contributed by atoms with Gasteiger partial charge in [0.15, 0.2) is 0 Å². The Morgan fingerprint density at radius 2 is 1.85 bits per heavy atom. The van der Waals surface area contributed by atoms with Crippen LogP contribution in [0, 0.1) is 0 Å². The van der Waals surface area contributed by atoms with Crippen LogP contribution in [0.3, 0.4) is 0 Å². The topological polar surface area (TPSA) is 61.4 Å². The molecule has 27 heavy (non-hydrogen) atoms. The van der Waals surface area contributed by atoms with Crippen molar-refractivity contribution in [2.45, 2.75) is 39.2 Å². The number of carbonyl (C=O) groups is 1. The van der Waals surface area contributed by atoms with Crippen LogP contribution in [0.15, 0.2) is 72.1 Å². The molecule has 3 N–H and O–H groups in total. The number of aliphatic hydroxyl groups excluding tert-OH is 1. The highest BCUT2D eigenvalue weighted by atomic mass is 16.3. The molecule has 1 aliphatic rings. The molecule has 2 aromatic carbocycles. The van der Waals surface area contributed by atoms with Crippen LogP contribution in [0.1, 0.15) is 36.5 Å². The molecule has 1 aliphatic carbocycles. The van der Waals surface area contributed by atoms with E-state index in [2.05, 4.69) is 29.7 Å². The molecule has 1 amide bonds. The Morgan fingerprint density at radius 1 is 1.07 bits per heavy atom. The number of anilines is 1. The van der Waals surface area contributed by atoms with Crippen LogP contribution in [0.2, 0.25) is 0 Å². The molecular weight excluding hydrogens is 336 g/mol. The number of aryl methyl sites for hydroxylation is 1. The fraction of sp³-hybridized carbons (Fsp3) is 0.261. The van der Waals surface area contributed by atoms with Gasteiger partial charge in [0, 0.05) is 18.7 Å². The molecule has 0 heterocycles. The van der Waals surface area contributed by atoms with Crippen molar-refractivity contribution in [1.82, 2.24) is 5.32 Å². The summed E-state index contributed by atoms with van der Waals surface area (Å²) >= 11 is 0. The summed E-state index contributed by atoms with van der Waals surface area (Å²) in [5.74, 6) is 0.398. The maximum absolute atomic E-state index is 12.3. The number of benzene rings is 2. The number of rotatable bonds is 7. The largest absolute Gasteiger partial charge is 0.510 e. The zero-order valence-electron chi connectivity index (χ0n) is 15.7. The summed E-state index contributed by atoms with van der Waals surface area (Å²) in [6.45, 7) is 2.74. The van der Waals surface area contributed by atoms with E-state index in [4.69, 9.17) is 0 Å². The average Bonchev–Trinajstić information content (AvgIpc) is 2.68. The minimum absolute atomic E-state index is 0.0171. The van der Waals surface area contributed by atoms with Gasteiger partial charge in [-0.05, 0) is 47.7 Å². The highest BCUT2D eigenvalue weighted by Gasteiger charge is 2.07. The first-order valence-corrected chi connectivity index (χ1v) is 9.43. The summed E-state index contributed by atoms with van der Waals surface area (Å²) in [4.78, 5) is 12.3. The van der Waals surface area contributed by atoms with E-state index in [0.29, 0.717) is 25.1 Å². The van der Waals surface area contributed by atoms with E-state index >= 15 is 0 Å². The summed E-state index contributed by atoms with van der Waals surface area (Å²) in [5.41, 5.74) is 4.92. The first kappa shape index (κ1) is 18.8. The molecule has 0 bridgehead atoms. The normalized spacial score (nSPS) is 13.5. The maximum Gasteiger partial charge on any atom is 0.228 e. The van der Waals surface area contributed by atoms with Gasteiger partial charge in [0.2, 0.25) is 5.91 Å². The predicted molar refractivity (Wildman–Crippen MR) is 109 cm³/mol. The van der Waals surface area contributed by atoms with E-state index < -0.39 is 0 Å². The Kier molecular flexibility index (Phi) is 6.31. The van der Waals surface area contributed by atoms with Gasteiger partial charge in [-0.15, -0.1) is 0 Å². The lowest BCUT2D eigenvalue weighted by Gasteiger charge is -2.13. The Labute approximate surface area is 160 Å². The van der Waals surface area contributed by atoms with Gasteiger partial charge in [0.05, 0.1) is 12.1 Å². The number of aliphatic hydroxyl groups is 1. The molecule has 0 aliphatic heterocycles. The van der Waals surface area contributed by atoms with E-state index in [9.17, 15) is 9.90 Å². The van der Waals surface area contributed by atoms with Gasteiger partial charge >= 0.3 is 0 Å². The van der Waals surface area contributed by atoms with Crippen LogP contribution in [0.25, 0.3) is 0 Å². The fourth-order valence-corrected chi connectivity index (χ4v) is 3.04. The first-order valence-electron chi connectivity index (χ1n) is 9.43. The second-order valence-electron chi connectivity index (χ2n) is 6.75. The molecule has 140 valence electrons. The van der Waals surface area contributed by atoms with Crippen molar-refractivity contribution in [3.63, 3.8) is 0 Å². The van der Waals surface area contributed by atoms with Crippen molar-refractivity contribution < 1.29 is 9.90 Å². The molecule has 0 fully saturated rings. The van der Waals surface area contributed by atoms with Crippen molar-refractivity contribution in [2.24, 2.45) is 0 Å². The van der Waals surface area contributed by atoms with Crippen molar-refractivity contribution in [3.8, 4) is 0 Å². The zero-order chi connectivity index (χ0) is 19.1. The van der Waals surface area contributed by atoms with Crippen molar-refractivity contribution >= 4 is 11.6 Å². The third kappa shape index (κ3) is 5.48. The highest BCUT2D eigenvalue weighted by Crippen LogP contribution is 2.15. The molecular formula is C23H26N2O2. The third-order valence-corrected chi connectivity index (χ3v) is 4.63. The molecule has 3 rings (SSSR count). The van der Waals surface area contributed by atoms with Crippen LogP contribution >= 0.6 is 0 Å². The molecule has 0 saturated heterocycles. The lowest BCUT2D eigenvalue weighted by Crippen LogP contribution is -2.16. The lowest BCUT2D eigenvalue weighted by atomic mass is 10.1. The maximum atomic E-state index is 12.3. The number of hydrogen-bond acceptors (Lipinski definition) is 3. The monoisotopic (exact) mass is 362 g/mol. The van der Waals surface area contributed by atoms with E-state index in [1.54, 1.807) is 0 Å². The quantitative estimate of drug-likeness (QED) is 0.672. The molecule has 4 nitrogen and oxygen atoms in total. The summed E-state index contributed by atoms with van der Waals surface area (Å²) in [6.07, 6.45) is 6.85. The minimum atomic E-state index is -0.0171. The Balaban J connectivity index is 1.52. The highest BCUT2D eigenvalue weighted by molar-refractivity contribution is 5.92. The predicted octanol–water partition coefficient (Wildman–Crippen LogP) is 4.64. The van der Waals surface area contributed by atoms with Crippen LogP contribution in [-0.4, -0.2) is 11.0 Å². The van der Waals surface area contributed by atoms with Gasteiger partial charge in [0.1, 0.15) is 5.76 Å². The van der Waals surface area contributed by atoms with Gasteiger partial charge in [-0.2, -0.15) is 0 Å².